The Labute approximate surface area is 44.3 Å². The Bertz CT molecular complexity index is 135. The molecule has 0 aliphatic rings. The van der Waals surface area contributed by atoms with Crippen LogP contribution in [-0.2, 0) is 4.57 Å². The van der Waals surface area contributed by atoms with Crippen LogP contribution in [0.1, 0.15) is 0 Å². The molecule has 0 spiro atoms. The van der Waals surface area contributed by atoms with Crippen molar-refractivity contribution in [3.63, 3.8) is 0 Å². The van der Waals surface area contributed by atoms with Crippen LogP contribution < -0.4 is 5.48 Å². The summed E-state index contributed by atoms with van der Waals surface area (Å²) >= 11 is 0. The standard InChI is InChI=1S/CH4NO5P/c3-1(2-4)8(5,6)7/h4H,(H,2,3)(H2,5,6,7). The third-order valence-electron chi connectivity index (χ3n) is 0.360. The number of carbonyl (C=O) groups is 1. The molecule has 4 N–H and O–H groups in total. The molecule has 0 aliphatic heterocycles. The van der Waals surface area contributed by atoms with Crippen molar-refractivity contribution in [3.05, 3.63) is 0 Å². The van der Waals surface area contributed by atoms with Gasteiger partial charge in [0.1, 0.15) is 0 Å². The van der Waals surface area contributed by atoms with Crippen LogP contribution in [0.25, 0.3) is 0 Å². The van der Waals surface area contributed by atoms with E-state index in [0.717, 1.165) is 5.48 Å². The Kier molecular flexibility index (Phi) is 2.12. The van der Waals surface area contributed by atoms with Gasteiger partial charge in [-0.05, 0) is 0 Å². The van der Waals surface area contributed by atoms with E-state index in [0.29, 0.717) is 0 Å². The third kappa shape index (κ3) is 2.04. The summed E-state index contributed by atoms with van der Waals surface area (Å²) in [6.45, 7) is 0. The second-order valence-electron chi connectivity index (χ2n) is 0.961. The van der Waals surface area contributed by atoms with Crippen molar-refractivity contribution in [2.45, 2.75) is 0 Å². The van der Waals surface area contributed by atoms with Gasteiger partial charge in [-0.15, -0.1) is 0 Å². The van der Waals surface area contributed by atoms with Crippen LogP contribution in [0.4, 0.5) is 4.79 Å². The van der Waals surface area contributed by atoms with Crippen molar-refractivity contribution in [3.8, 4) is 0 Å². The van der Waals surface area contributed by atoms with Crippen molar-refractivity contribution < 1.29 is 24.4 Å². The second-order valence-corrected chi connectivity index (χ2v) is 2.46. The van der Waals surface area contributed by atoms with E-state index in [-0.39, 0.29) is 0 Å². The summed E-state index contributed by atoms with van der Waals surface area (Å²) in [4.78, 5) is 25.4. The smallest absolute Gasteiger partial charge is 0.318 e. The van der Waals surface area contributed by atoms with Gasteiger partial charge in [0.05, 0.1) is 0 Å². The Hall–Kier alpha value is -0.420. The molecule has 7 heteroatoms. The summed E-state index contributed by atoms with van der Waals surface area (Å²) in [5.74, 6) is 0. The summed E-state index contributed by atoms with van der Waals surface area (Å²) in [7, 11) is -4.76. The number of amides is 1. The van der Waals surface area contributed by atoms with Crippen molar-refractivity contribution in [1.29, 1.82) is 0 Å². The molecule has 0 bridgehead atoms. The van der Waals surface area contributed by atoms with Crippen LogP contribution >= 0.6 is 7.60 Å². The van der Waals surface area contributed by atoms with E-state index in [1.807, 2.05) is 0 Å². The van der Waals surface area contributed by atoms with E-state index >= 15 is 0 Å². The number of hydrogen-bond donors (Lipinski definition) is 4. The lowest BCUT2D eigenvalue weighted by molar-refractivity contribution is 0.173. The lowest BCUT2D eigenvalue weighted by Crippen LogP contribution is -2.15. The highest BCUT2D eigenvalue weighted by atomic mass is 31.2. The van der Waals surface area contributed by atoms with Crippen LogP contribution in [0.3, 0.4) is 0 Å². The first-order chi connectivity index (χ1) is 3.48. The van der Waals surface area contributed by atoms with Crippen LogP contribution in [-0.4, -0.2) is 20.6 Å². The van der Waals surface area contributed by atoms with Gasteiger partial charge in [0.25, 0.3) is 0 Å². The summed E-state index contributed by atoms with van der Waals surface area (Å²) in [6.07, 6.45) is 0. The van der Waals surface area contributed by atoms with Crippen LogP contribution in [0, 0.1) is 0 Å². The lowest BCUT2D eigenvalue weighted by atomic mass is 11.4. The molecule has 48 valence electrons. The van der Waals surface area contributed by atoms with Crippen molar-refractivity contribution in [2.24, 2.45) is 0 Å². The molecule has 0 saturated carbocycles. The maximum Gasteiger partial charge on any atom is 0.415 e. The molecule has 0 saturated heterocycles. The zero-order valence-corrected chi connectivity index (χ0v) is 4.50. The topological polar surface area (TPSA) is 107 Å². The first-order valence-corrected chi connectivity index (χ1v) is 3.10. The molecule has 0 fully saturated rings. The SMILES string of the molecule is O=C(NO)P(=O)(O)O. The van der Waals surface area contributed by atoms with Gasteiger partial charge in [-0.1, -0.05) is 0 Å². The lowest BCUT2D eigenvalue weighted by Gasteiger charge is -1.96. The molecule has 0 heterocycles. The molecule has 6 nitrogen and oxygen atoms in total. The Balaban J connectivity index is 4.04. The number of rotatable bonds is 1. The fraction of sp³-hybridized carbons (Fsp3) is 0. The summed E-state index contributed by atoms with van der Waals surface area (Å²) in [5.41, 5.74) is -0.894. The van der Waals surface area contributed by atoms with E-state index < -0.39 is 13.2 Å². The predicted octanol–water partition coefficient (Wildman–Crippen LogP) is -0.737. The Morgan fingerprint density at radius 2 is 1.88 bits per heavy atom. The van der Waals surface area contributed by atoms with Gasteiger partial charge >= 0.3 is 13.2 Å². The molecule has 0 unspecified atom stereocenters. The second kappa shape index (κ2) is 2.23. The van der Waals surface area contributed by atoms with E-state index in [1.54, 1.807) is 0 Å². The number of hydroxylamine groups is 1. The van der Waals surface area contributed by atoms with Crippen LogP contribution in [0.5, 0.6) is 0 Å². The highest BCUT2D eigenvalue weighted by Gasteiger charge is 2.24. The molecule has 0 aromatic rings. The monoisotopic (exact) mass is 141 g/mol. The highest BCUT2D eigenvalue weighted by molar-refractivity contribution is 7.69. The molecular formula is CH4NO5P. The third-order valence-corrected chi connectivity index (χ3v) is 0.989. The fourth-order valence-electron chi connectivity index (χ4n) is 0.0651. The van der Waals surface area contributed by atoms with Gasteiger partial charge < -0.3 is 9.79 Å². The minimum atomic E-state index is -4.76. The van der Waals surface area contributed by atoms with Gasteiger partial charge in [-0.3, -0.25) is 10.0 Å². The van der Waals surface area contributed by atoms with E-state index in [1.165, 1.54) is 0 Å². The van der Waals surface area contributed by atoms with Crippen molar-refractivity contribution >= 4 is 13.2 Å². The average Bonchev–Trinajstić information content (AvgIpc) is 1.62. The van der Waals surface area contributed by atoms with E-state index in [9.17, 15) is 9.36 Å². The van der Waals surface area contributed by atoms with Gasteiger partial charge in [0.15, 0.2) is 0 Å². The molecular weight excluding hydrogens is 137 g/mol. The molecule has 0 aromatic carbocycles. The minimum absolute atomic E-state index is 0.803. The Morgan fingerprint density at radius 3 is 1.88 bits per heavy atom. The number of hydrogen-bond acceptors (Lipinski definition) is 3. The first-order valence-electron chi connectivity index (χ1n) is 1.48. The van der Waals surface area contributed by atoms with Gasteiger partial charge in [-0.2, -0.15) is 0 Å². The zero-order valence-electron chi connectivity index (χ0n) is 3.61. The van der Waals surface area contributed by atoms with Crippen LogP contribution in [0.2, 0.25) is 0 Å². The summed E-state index contributed by atoms with van der Waals surface area (Å²) < 4.78 is 9.68. The average molecular weight is 141 g/mol. The molecule has 0 radical (unpaired) electrons. The Morgan fingerprint density at radius 1 is 1.50 bits per heavy atom. The van der Waals surface area contributed by atoms with Gasteiger partial charge in [-0.25, -0.2) is 10.0 Å². The van der Waals surface area contributed by atoms with Gasteiger partial charge in [0, 0.05) is 0 Å². The largest absolute Gasteiger partial charge is 0.415 e. The maximum absolute atomic E-state index is 9.71. The van der Waals surface area contributed by atoms with Crippen LogP contribution in [0.15, 0.2) is 0 Å². The first kappa shape index (κ1) is 7.58. The number of carbonyl (C=O) groups excluding carboxylic acids is 1. The van der Waals surface area contributed by atoms with E-state index in [2.05, 4.69) is 0 Å². The van der Waals surface area contributed by atoms with E-state index in [4.69, 9.17) is 15.0 Å². The normalized spacial score (nSPS) is 10.9. The fourth-order valence-corrected chi connectivity index (χ4v) is 0.195. The van der Waals surface area contributed by atoms with Crippen molar-refractivity contribution in [1.82, 2.24) is 5.48 Å². The molecule has 0 aliphatic carbocycles. The van der Waals surface area contributed by atoms with Gasteiger partial charge in [0.2, 0.25) is 0 Å². The minimum Gasteiger partial charge on any atom is -0.318 e. The number of nitrogens with one attached hydrogen (secondary N) is 1. The predicted molar refractivity (Wildman–Crippen MR) is 22.4 cm³/mol. The maximum atomic E-state index is 9.71. The summed E-state index contributed by atoms with van der Waals surface area (Å²) in [6, 6.07) is 0. The molecule has 8 heavy (non-hydrogen) atoms. The quantitative estimate of drug-likeness (QED) is 0.218. The van der Waals surface area contributed by atoms with Crippen molar-refractivity contribution in [2.75, 3.05) is 0 Å². The molecule has 0 rings (SSSR count). The highest BCUT2D eigenvalue weighted by Crippen LogP contribution is 2.34. The molecule has 1 amide bonds. The molecule has 0 atom stereocenters. The molecule has 0 aromatic heterocycles. The zero-order chi connectivity index (χ0) is 6.78. The summed E-state index contributed by atoms with van der Waals surface area (Å²) in [5, 5.41) is 7.58.